The van der Waals surface area contributed by atoms with Crippen molar-refractivity contribution in [1.82, 2.24) is 0 Å². The highest BCUT2D eigenvalue weighted by Crippen LogP contribution is 2.43. The molecule has 1 aromatic rings. The van der Waals surface area contributed by atoms with Crippen LogP contribution in [-0.2, 0) is 6.54 Å². The summed E-state index contributed by atoms with van der Waals surface area (Å²) in [6, 6.07) is 7.70. The first-order chi connectivity index (χ1) is 9.67. The number of methoxy groups -OCH3 is 2. The van der Waals surface area contributed by atoms with Crippen molar-refractivity contribution in [3.8, 4) is 11.5 Å². The average molecular weight is 275 g/mol. The van der Waals surface area contributed by atoms with Crippen LogP contribution >= 0.6 is 0 Å². The van der Waals surface area contributed by atoms with Crippen LogP contribution in [0.15, 0.2) is 18.2 Å². The number of quaternary nitrogens is 1. The number of hydrogen-bond acceptors (Lipinski definition) is 2. The Morgan fingerprint density at radius 2 is 1.80 bits per heavy atom. The van der Waals surface area contributed by atoms with Gasteiger partial charge in [-0.05, 0) is 24.6 Å². The molecule has 0 amide bonds. The fourth-order valence-corrected chi connectivity index (χ4v) is 4.10. The Hall–Kier alpha value is -1.22. The number of ether oxygens (including phenoxy) is 2. The lowest BCUT2D eigenvalue weighted by Crippen LogP contribution is -2.55. The zero-order valence-electron chi connectivity index (χ0n) is 12.8. The van der Waals surface area contributed by atoms with Gasteiger partial charge in [-0.1, -0.05) is 0 Å². The molecule has 0 aromatic heterocycles. The van der Waals surface area contributed by atoms with E-state index in [0.29, 0.717) is 0 Å². The van der Waals surface area contributed by atoms with Crippen LogP contribution in [0, 0.1) is 6.42 Å². The second-order valence-electron chi connectivity index (χ2n) is 6.33. The van der Waals surface area contributed by atoms with Gasteiger partial charge in [0.05, 0.1) is 38.9 Å². The second kappa shape index (κ2) is 5.28. The number of piperidine rings is 1. The molecule has 2 aliphatic heterocycles. The Kier molecular flexibility index (Phi) is 3.63. The molecule has 1 aromatic carbocycles. The first kappa shape index (κ1) is 13.7. The normalized spacial score (nSPS) is 32.1. The second-order valence-corrected chi connectivity index (χ2v) is 6.33. The minimum atomic E-state index is 0.782. The molecule has 2 bridgehead atoms. The molecule has 3 nitrogen and oxygen atoms in total. The number of nitrogens with zero attached hydrogens (tertiary/aromatic N) is 1. The van der Waals surface area contributed by atoms with Crippen molar-refractivity contribution in [3.63, 3.8) is 0 Å². The van der Waals surface area contributed by atoms with Crippen molar-refractivity contribution in [3.05, 3.63) is 30.2 Å². The Balaban J connectivity index is 1.90. The third-order valence-corrected chi connectivity index (χ3v) is 5.38. The van der Waals surface area contributed by atoms with Gasteiger partial charge in [0, 0.05) is 25.7 Å². The highest BCUT2D eigenvalue weighted by atomic mass is 16.5. The predicted octanol–water partition coefficient (Wildman–Crippen LogP) is 3.18. The van der Waals surface area contributed by atoms with Crippen molar-refractivity contribution < 1.29 is 14.0 Å². The number of fused-ring (bicyclic) bond motifs is 2. The SMILES string of the molecule is COc1ccc(OC)c(C[N+]2(C)C3C[CH]CC2CC3)c1. The van der Waals surface area contributed by atoms with Crippen LogP contribution in [-0.4, -0.2) is 37.8 Å². The first-order valence-corrected chi connectivity index (χ1v) is 7.55. The van der Waals surface area contributed by atoms with Gasteiger partial charge in [0.25, 0.3) is 0 Å². The van der Waals surface area contributed by atoms with E-state index in [2.05, 4.69) is 19.5 Å². The minimum Gasteiger partial charge on any atom is -0.497 e. The molecule has 2 heterocycles. The molecule has 2 fully saturated rings. The van der Waals surface area contributed by atoms with Crippen molar-refractivity contribution >= 4 is 0 Å². The van der Waals surface area contributed by atoms with Gasteiger partial charge in [0.15, 0.2) is 0 Å². The lowest BCUT2D eigenvalue weighted by atomic mass is 9.98. The van der Waals surface area contributed by atoms with Crippen LogP contribution in [0.1, 0.15) is 31.2 Å². The summed E-state index contributed by atoms with van der Waals surface area (Å²) < 4.78 is 12.1. The largest absolute Gasteiger partial charge is 0.497 e. The predicted molar refractivity (Wildman–Crippen MR) is 79.8 cm³/mol. The topological polar surface area (TPSA) is 18.5 Å². The molecule has 3 rings (SSSR count). The zero-order valence-corrected chi connectivity index (χ0v) is 12.8. The van der Waals surface area contributed by atoms with Crippen LogP contribution in [0.3, 0.4) is 0 Å². The monoisotopic (exact) mass is 275 g/mol. The molecule has 2 unspecified atom stereocenters. The zero-order chi connectivity index (χ0) is 14.2. The van der Waals surface area contributed by atoms with Gasteiger partial charge in [-0.25, -0.2) is 0 Å². The molecule has 20 heavy (non-hydrogen) atoms. The van der Waals surface area contributed by atoms with Crippen LogP contribution in [0.4, 0.5) is 0 Å². The summed E-state index contributed by atoms with van der Waals surface area (Å²) in [6.07, 6.45) is 7.75. The van der Waals surface area contributed by atoms with E-state index in [4.69, 9.17) is 9.47 Å². The molecule has 2 aliphatic rings. The maximum atomic E-state index is 5.55. The molecular weight excluding hydrogens is 250 g/mol. The quantitative estimate of drug-likeness (QED) is 0.786. The molecule has 0 spiro atoms. The summed E-state index contributed by atoms with van der Waals surface area (Å²) in [6.45, 7) is 1.05. The minimum absolute atomic E-state index is 0.782. The number of rotatable bonds is 4. The molecule has 1 radical (unpaired) electrons. The van der Waals surface area contributed by atoms with Crippen molar-refractivity contribution in [2.45, 2.75) is 44.3 Å². The van der Waals surface area contributed by atoms with Gasteiger partial charge in [-0.15, -0.1) is 0 Å². The molecule has 3 heteroatoms. The van der Waals surface area contributed by atoms with Gasteiger partial charge >= 0.3 is 0 Å². The smallest absolute Gasteiger partial charge is 0.127 e. The van der Waals surface area contributed by atoms with Crippen molar-refractivity contribution in [2.75, 3.05) is 21.3 Å². The number of hydrogen-bond donors (Lipinski definition) is 0. The van der Waals surface area contributed by atoms with E-state index in [1.54, 1.807) is 14.2 Å². The van der Waals surface area contributed by atoms with E-state index in [9.17, 15) is 0 Å². The Morgan fingerprint density at radius 3 is 2.40 bits per heavy atom. The maximum Gasteiger partial charge on any atom is 0.127 e. The molecular formula is C17H25NO2+. The van der Waals surface area contributed by atoms with Gasteiger partial charge in [0.2, 0.25) is 0 Å². The van der Waals surface area contributed by atoms with E-state index >= 15 is 0 Å². The van der Waals surface area contributed by atoms with Crippen molar-refractivity contribution in [1.29, 1.82) is 0 Å². The molecule has 2 saturated heterocycles. The van der Waals surface area contributed by atoms with Gasteiger partial charge in [-0.3, -0.25) is 0 Å². The van der Waals surface area contributed by atoms with Gasteiger partial charge in [0.1, 0.15) is 18.0 Å². The summed E-state index contributed by atoms with van der Waals surface area (Å²) in [5.74, 6) is 1.91. The van der Waals surface area contributed by atoms with E-state index in [-0.39, 0.29) is 0 Å². The van der Waals surface area contributed by atoms with Crippen LogP contribution in [0.5, 0.6) is 11.5 Å². The van der Waals surface area contributed by atoms with E-state index < -0.39 is 0 Å². The summed E-state index contributed by atoms with van der Waals surface area (Å²) in [7, 11) is 5.90. The van der Waals surface area contributed by atoms with Crippen molar-refractivity contribution in [2.24, 2.45) is 0 Å². The van der Waals surface area contributed by atoms with E-state index in [1.807, 2.05) is 12.1 Å². The van der Waals surface area contributed by atoms with Crippen LogP contribution < -0.4 is 9.47 Å². The number of benzene rings is 1. The Labute approximate surface area is 122 Å². The van der Waals surface area contributed by atoms with E-state index in [0.717, 1.165) is 30.1 Å². The third kappa shape index (κ3) is 2.18. The van der Waals surface area contributed by atoms with Crippen LogP contribution in [0.25, 0.3) is 0 Å². The Bertz CT molecular complexity index is 470. The average Bonchev–Trinajstić information content (AvgIpc) is 2.67. The fraction of sp³-hybridized carbons (Fsp3) is 0.588. The molecule has 0 N–H and O–H groups in total. The molecule has 0 aliphatic carbocycles. The lowest BCUT2D eigenvalue weighted by Gasteiger charge is -2.45. The molecule has 2 atom stereocenters. The van der Waals surface area contributed by atoms with Gasteiger partial charge < -0.3 is 14.0 Å². The summed E-state index contributed by atoms with van der Waals surface area (Å²) in [5, 5.41) is 0. The first-order valence-electron chi connectivity index (χ1n) is 7.55. The molecule has 109 valence electrons. The summed E-state index contributed by atoms with van der Waals surface area (Å²) >= 11 is 0. The highest BCUT2D eigenvalue weighted by molar-refractivity contribution is 5.40. The molecule has 0 saturated carbocycles. The van der Waals surface area contributed by atoms with Crippen LogP contribution in [0.2, 0.25) is 0 Å². The van der Waals surface area contributed by atoms with Gasteiger partial charge in [-0.2, -0.15) is 0 Å². The fourth-order valence-electron chi connectivity index (χ4n) is 4.10. The standard InChI is InChI=1S/C17H25NO2/c1-18(14-5-4-6-15(18)8-7-14)12-13-11-16(19-2)9-10-17(13)20-3/h4,9-11,14-15H,5-8,12H2,1-3H3/q+1. The summed E-state index contributed by atoms with van der Waals surface area (Å²) in [5.41, 5.74) is 1.27. The van der Waals surface area contributed by atoms with E-state index in [1.165, 1.54) is 35.7 Å². The lowest BCUT2D eigenvalue weighted by molar-refractivity contribution is -0.959. The maximum absolute atomic E-state index is 5.55. The highest BCUT2D eigenvalue weighted by Gasteiger charge is 2.48. The summed E-state index contributed by atoms with van der Waals surface area (Å²) in [4.78, 5) is 0. The third-order valence-electron chi connectivity index (χ3n) is 5.38. The Morgan fingerprint density at radius 1 is 1.10 bits per heavy atom.